The molecule has 2 heterocycles. The van der Waals surface area contributed by atoms with Crippen LogP contribution in [0.2, 0.25) is 0 Å². The molecule has 0 spiro atoms. The number of hydrogen-bond acceptors (Lipinski definition) is 6. The van der Waals surface area contributed by atoms with Crippen molar-refractivity contribution in [2.75, 3.05) is 12.3 Å². The van der Waals surface area contributed by atoms with Gasteiger partial charge in [-0.05, 0) is 18.1 Å². The van der Waals surface area contributed by atoms with Crippen LogP contribution in [0.25, 0.3) is 33.5 Å². The predicted molar refractivity (Wildman–Crippen MR) is 102 cm³/mol. The minimum absolute atomic E-state index is 0.121. The molecule has 0 aliphatic heterocycles. The van der Waals surface area contributed by atoms with Gasteiger partial charge in [-0.2, -0.15) is 9.97 Å². The van der Waals surface area contributed by atoms with E-state index in [4.69, 9.17) is 10.5 Å². The minimum atomic E-state index is 0.121. The van der Waals surface area contributed by atoms with Crippen molar-refractivity contribution in [1.82, 2.24) is 19.9 Å². The average Bonchev–Trinajstić information content (AvgIpc) is 2.69. The van der Waals surface area contributed by atoms with Gasteiger partial charge in [0.2, 0.25) is 11.8 Å². The highest BCUT2D eigenvalue weighted by molar-refractivity contribution is 5.79. The van der Waals surface area contributed by atoms with Gasteiger partial charge in [0.1, 0.15) is 0 Å². The first-order chi connectivity index (χ1) is 12.7. The smallest absolute Gasteiger partial charge is 0.247 e. The number of nitrogen functional groups attached to an aromatic ring is 1. The van der Waals surface area contributed by atoms with Gasteiger partial charge in [-0.1, -0.05) is 54.6 Å². The van der Waals surface area contributed by atoms with Gasteiger partial charge in [-0.3, -0.25) is 0 Å². The maximum absolute atomic E-state index is 5.71. The Hall–Kier alpha value is -3.54. The lowest BCUT2D eigenvalue weighted by Crippen LogP contribution is -2.04. The topological polar surface area (TPSA) is 86.8 Å². The molecule has 0 aliphatic rings. The third-order valence-electron chi connectivity index (χ3n) is 3.96. The van der Waals surface area contributed by atoms with Crippen molar-refractivity contribution in [3.63, 3.8) is 0 Å². The molecule has 6 heteroatoms. The second kappa shape index (κ2) is 6.76. The number of nitrogens with zero attached hydrogens (tertiary/aromatic N) is 4. The van der Waals surface area contributed by atoms with Crippen LogP contribution in [0, 0.1) is 0 Å². The zero-order chi connectivity index (χ0) is 17.9. The molecule has 0 fully saturated rings. The van der Waals surface area contributed by atoms with E-state index in [1.165, 1.54) is 5.56 Å². The largest absolute Gasteiger partial charge is 0.476 e. The Morgan fingerprint density at radius 2 is 1.54 bits per heavy atom. The van der Waals surface area contributed by atoms with Crippen molar-refractivity contribution >= 4 is 17.1 Å². The summed E-state index contributed by atoms with van der Waals surface area (Å²) in [6.45, 7) is 2.34. The molecular formula is C20H17N5O. The monoisotopic (exact) mass is 343 g/mol. The summed E-state index contributed by atoms with van der Waals surface area (Å²) in [4.78, 5) is 17.2. The van der Waals surface area contributed by atoms with Crippen molar-refractivity contribution in [1.29, 1.82) is 0 Å². The van der Waals surface area contributed by atoms with Crippen LogP contribution in [0.1, 0.15) is 6.92 Å². The zero-order valence-corrected chi connectivity index (χ0v) is 14.3. The molecule has 2 N–H and O–H groups in total. The van der Waals surface area contributed by atoms with E-state index >= 15 is 0 Å². The van der Waals surface area contributed by atoms with Crippen LogP contribution in [-0.4, -0.2) is 26.5 Å². The molecule has 4 rings (SSSR count). The summed E-state index contributed by atoms with van der Waals surface area (Å²) >= 11 is 0. The molecule has 0 atom stereocenters. The summed E-state index contributed by atoms with van der Waals surface area (Å²) in [7, 11) is 0. The van der Waals surface area contributed by atoms with Gasteiger partial charge in [0.15, 0.2) is 11.2 Å². The number of aromatic nitrogens is 4. The van der Waals surface area contributed by atoms with E-state index < -0.39 is 0 Å². The highest BCUT2D eigenvalue weighted by atomic mass is 16.5. The molecule has 0 aliphatic carbocycles. The molecule has 0 unspecified atom stereocenters. The molecule has 0 saturated carbocycles. The fourth-order valence-electron chi connectivity index (χ4n) is 2.74. The summed E-state index contributed by atoms with van der Waals surface area (Å²) in [5, 5.41) is 0. The SMILES string of the molecule is CCOc1nc(N)nc2ncc(-c3ccc(-c4ccccc4)cc3)nc12. The first-order valence-corrected chi connectivity index (χ1v) is 8.33. The fourth-order valence-corrected chi connectivity index (χ4v) is 2.74. The molecule has 0 bridgehead atoms. The maximum atomic E-state index is 5.71. The van der Waals surface area contributed by atoms with Crippen LogP contribution in [0.3, 0.4) is 0 Å². The van der Waals surface area contributed by atoms with Gasteiger partial charge >= 0.3 is 0 Å². The lowest BCUT2D eigenvalue weighted by Gasteiger charge is -2.08. The van der Waals surface area contributed by atoms with Gasteiger partial charge in [0.05, 0.1) is 18.5 Å². The van der Waals surface area contributed by atoms with Crippen LogP contribution in [0.15, 0.2) is 60.8 Å². The first kappa shape index (κ1) is 16.0. The van der Waals surface area contributed by atoms with Gasteiger partial charge in [-0.25, -0.2) is 9.97 Å². The minimum Gasteiger partial charge on any atom is -0.476 e. The number of nitrogens with two attached hydrogens (primary N) is 1. The summed E-state index contributed by atoms with van der Waals surface area (Å²) in [5.74, 6) is 0.473. The van der Waals surface area contributed by atoms with E-state index in [1.807, 2.05) is 37.3 Å². The Labute approximate surface area is 150 Å². The summed E-state index contributed by atoms with van der Waals surface area (Å²) in [6.07, 6.45) is 1.68. The van der Waals surface area contributed by atoms with Gasteiger partial charge in [0, 0.05) is 5.56 Å². The van der Waals surface area contributed by atoms with Crippen molar-refractivity contribution in [2.45, 2.75) is 6.92 Å². The van der Waals surface area contributed by atoms with Gasteiger partial charge < -0.3 is 10.5 Å². The van der Waals surface area contributed by atoms with Crippen molar-refractivity contribution in [3.05, 3.63) is 60.8 Å². The number of fused-ring (bicyclic) bond motifs is 1. The summed E-state index contributed by atoms with van der Waals surface area (Å²) < 4.78 is 5.53. The van der Waals surface area contributed by atoms with E-state index in [1.54, 1.807) is 6.20 Å². The average molecular weight is 343 g/mol. The molecule has 128 valence electrons. The van der Waals surface area contributed by atoms with Crippen molar-refractivity contribution in [2.24, 2.45) is 0 Å². The van der Waals surface area contributed by atoms with Gasteiger partial charge in [-0.15, -0.1) is 0 Å². The Bertz CT molecular complexity index is 1050. The van der Waals surface area contributed by atoms with E-state index in [-0.39, 0.29) is 5.95 Å². The maximum Gasteiger partial charge on any atom is 0.247 e. The second-order valence-corrected chi connectivity index (χ2v) is 5.69. The van der Waals surface area contributed by atoms with Crippen LogP contribution < -0.4 is 10.5 Å². The normalized spacial score (nSPS) is 10.8. The highest BCUT2D eigenvalue weighted by Crippen LogP contribution is 2.26. The number of anilines is 1. The number of hydrogen-bond donors (Lipinski definition) is 1. The third-order valence-corrected chi connectivity index (χ3v) is 3.96. The van der Waals surface area contributed by atoms with E-state index in [9.17, 15) is 0 Å². The highest BCUT2D eigenvalue weighted by Gasteiger charge is 2.12. The Morgan fingerprint density at radius 1 is 0.846 bits per heavy atom. The van der Waals surface area contributed by atoms with Crippen LogP contribution >= 0.6 is 0 Å². The van der Waals surface area contributed by atoms with E-state index in [2.05, 4.69) is 44.2 Å². The molecule has 0 radical (unpaired) electrons. The number of ether oxygens (including phenoxy) is 1. The van der Waals surface area contributed by atoms with Crippen LogP contribution in [0.5, 0.6) is 5.88 Å². The first-order valence-electron chi connectivity index (χ1n) is 8.33. The molecule has 0 saturated heterocycles. The predicted octanol–water partition coefficient (Wildman–Crippen LogP) is 3.73. The molecule has 2 aromatic carbocycles. The second-order valence-electron chi connectivity index (χ2n) is 5.69. The molecular weight excluding hydrogens is 326 g/mol. The van der Waals surface area contributed by atoms with Crippen molar-refractivity contribution < 1.29 is 4.74 Å². The Balaban J connectivity index is 1.74. The number of rotatable bonds is 4. The Kier molecular flexibility index (Phi) is 4.15. The summed E-state index contributed by atoms with van der Waals surface area (Å²) in [6, 6.07) is 18.4. The number of benzene rings is 2. The molecule has 26 heavy (non-hydrogen) atoms. The lowest BCUT2D eigenvalue weighted by molar-refractivity contribution is 0.330. The quantitative estimate of drug-likeness (QED) is 0.607. The Morgan fingerprint density at radius 3 is 2.27 bits per heavy atom. The zero-order valence-electron chi connectivity index (χ0n) is 14.3. The molecule has 6 nitrogen and oxygen atoms in total. The molecule has 2 aromatic heterocycles. The van der Waals surface area contributed by atoms with E-state index in [0.717, 1.165) is 16.8 Å². The van der Waals surface area contributed by atoms with Crippen molar-refractivity contribution in [3.8, 4) is 28.3 Å². The lowest BCUT2D eigenvalue weighted by atomic mass is 10.0. The summed E-state index contributed by atoms with van der Waals surface area (Å²) in [5.41, 5.74) is 10.6. The van der Waals surface area contributed by atoms with Gasteiger partial charge in [0.25, 0.3) is 0 Å². The standard InChI is InChI=1S/C20H17N5O/c1-2-26-19-17-18(24-20(21)25-19)22-12-16(23-17)15-10-8-14(9-11-15)13-6-4-3-5-7-13/h3-12H,2H2,1H3,(H2,21,22,24,25). The van der Waals surface area contributed by atoms with Crippen LogP contribution in [-0.2, 0) is 0 Å². The van der Waals surface area contributed by atoms with Crippen LogP contribution in [0.4, 0.5) is 5.95 Å². The molecule has 4 aromatic rings. The van der Waals surface area contributed by atoms with E-state index in [0.29, 0.717) is 23.7 Å². The fraction of sp³-hybridized carbons (Fsp3) is 0.100. The molecule has 0 amide bonds. The third kappa shape index (κ3) is 3.04.